The van der Waals surface area contributed by atoms with E-state index in [-0.39, 0.29) is 5.56 Å². The number of benzene rings is 1. The number of para-hydroxylation sites is 1. The van der Waals surface area contributed by atoms with Gasteiger partial charge in [0.05, 0.1) is 11.3 Å². The highest BCUT2D eigenvalue weighted by molar-refractivity contribution is 6.21. The van der Waals surface area contributed by atoms with Gasteiger partial charge in [0.1, 0.15) is 0 Å². The standard InChI is InChI=1S/C16H15N3O/c1-9-3-2-4-12-11(8-17-14(9)12)7-13-15(10-5-6-10)18-19-16(13)20/h2-4,7-8,10H,5-6H2,1H3,(H2,18,19,20)/b11-7+. The highest BCUT2D eigenvalue weighted by atomic mass is 16.1. The van der Waals surface area contributed by atoms with Crippen molar-refractivity contribution in [3.8, 4) is 0 Å². The molecule has 1 aliphatic carbocycles. The van der Waals surface area contributed by atoms with Crippen LogP contribution in [0.15, 0.2) is 28.0 Å². The van der Waals surface area contributed by atoms with Crippen LogP contribution >= 0.6 is 0 Å². The third-order valence-corrected chi connectivity index (χ3v) is 4.01. The molecule has 2 N–H and O–H groups in total. The summed E-state index contributed by atoms with van der Waals surface area (Å²) in [7, 11) is 0. The van der Waals surface area contributed by atoms with Gasteiger partial charge in [-0.05, 0) is 31.4 Å². The largest absolute Gasteiger partial charge is 0.301 e. The zero-order valence-corrected chi connectivity index (χ0v) is 11.2. The average molecular weight is 265 g/mol. The number of nitrogens with one attached hydrogen (secondary N) is 2. The Morgan fingerprint density at radius 3 is 2.95 bits per heavy atom. The molecule has 0 bridgehead atoms. The monoisotopic (exact) mass is 265 g/mol. The van der Waals surface area contributed by atoms with Crippen molar-refractivity contribution >= 4 is 23.6 Å². The Hall–Kier alpha value is -2.36. The third-order valence-electron chi connectivity index (χ3n) is 4.01. The molecule has 0 unspecified atom stereocenters. The summed E-state index contributed by atoms with van der Waals surface area (Å²) < 4.78 is 0. The van der Waals surface area contributed by atoms with Crippen LogP contribution in [-0.2, 0) is 0 Å². The molecule has 1 saturated carbocycles. The molecule has 0 spiro atoms. The Labute approximate surface area is 116 Å². The molecule has 1 fully saturated rings. The lowest BCUT2D eigenvalue weighted by Crippen LogP contribution is -2.02. The number of rotatable bonds is 2. The summed E-state index contributed by atoms with van der Waals surface area (Å²) in [6.45, 7) is 2.05. The summed E-state index contributed by atoms with van der Waals surface area (Å²) in [5, 5.41) is 5.72. The number of aliphatic imine (C=N–C) groups is 1. The molecule has 2 aromatic rings. The first-order valence-electron chi connectivity index (χ1n) is 6.90. The highest BCUT2D eigenvalue weighted by Crippen LogP contribution is 2.41. The van der Waals surface area contributed by atoms with Crippen LogP contribution < -0.4 is 5.56 Å². The molecule has 1 aliphatic heterocycles. The molecule has 1 aromatic heterocycles. The van der Waals surface area contributed by atoms with Crippen LogP contribution in [0.1, 0.15) is 41.1 Å². The van der Waals surface area contributed by atoms with Crippen molar-refractivity contribution in [3.63, 3.8) is 0 Å². The van der Waals surface area contributed by atoms with E-state index in [9.17, 15) is 4.79 Å². The number of H-pyrrole nitrogens is 2. The minimum absolute atomic E-state index is 0.0473. The fraction of sp³-hybridized carbons (Fsp3) is 0.250. The topological polar surface area (TPSA) is 61.0 Å². The number of hydrogen-bond donors (Lipinski definition) is 2. The maximum absolute atomic E-state index is 12.0. The number of hydrogen-bond acceptors (Lipinski definition) is 2. The molecule has 20 heavy (non-hydrogen) atoms. The molecular weight excluding hydrogens is 250 g/mol. The van der Waals surface area contributed by atoms with Gasteiger partial charge in [-0.1, -0.05) is 18.2 Å². The molecule has 0 atom stereocenters. The fourth-order valence-electron chi connectivity index (χ4n) is 2.76. The smallest absolute Gasteiger partial charge is 0.271 e. The van der Waals surface area contributed by atoms with Gasteiger partial charge >= 0.3 is 0 Å². The lowest BCUT2D eigenvalue weighted by molar-refractivity contribution is 0.955. The Balaban J connectivity index is 1.84. The van der Waals surface area contributed by atoms with E-state index in [1.54, 1.807) is 0 Å². The molecule has 0 saturated heterocycles. The zero-order valence-electron chi connectivity index (χ0n) is 11.2. The normalized spacial score (nSPS) is 18.8. The summed E-state index contributed by atoms with van der Waals surface area (Å²) in [4.78, 5) is 16.4. The van der Waals surface area contributed by atoms with Crippen LogP contribution in [0.3, 0.4) is 0 Å². The third kappa shape index (κ3) is 1.68. The van der Waals surface area contributed by atoms with Gasteiger partial charge in [0.25, 0.3) is 5.56 Å². The van der Waals surface area contributed by atoms with Crippen molar-refractivity contribution in [2.45, 2.75) is 25.7 Å². The first-order chi connectivity index (χ1) is 9.74. The maximum atomic E-state index is 12.0. The summed E-state index contributed by atoms with van der Waals surface area (Å²) in [5.41, 5.74) is 6.03. The minimum Gasteiger partial charge on any atom is -0.301 e. The predicted molar refractivity (Wildman–Crippen MR) is 80.6 cm³/mol. The van der Waals surface area contributed by atoms with Gasteiger partial charge in [-0.25, -0.2) is 0 Å². The van der Waals surface area contributed by atoms with Gasteiger partial charge in [0, 0.05) is 29.0 Å². The van der Waals surface area contributed by atoms with Crippen molar-refractivity contribution in [2.24, 2.45) is 4.99 Å². The second kappa shape index (κ2) is 4.07. The molecule has 0 radical (unpaired) electrons. The molecule has 4 heteroatoms. The molecule has 100 valence electrons. The fourth-order valence-corrected chi connectivity index (χ4v) is 2.76. The number of fused-ring (bicyclic) bond motifs is 1. The van der Waals surface area contributed by atoms with Gasteiger partial charge in [-0.15, -0.1) is 0 Å². The second-order valence-corrected chi connectivity index (χ2v) is 5.51. The van der Waals surface area contributed by atoms with Gasteiger partial charge in [0.2, 0.25) is 0 Å². The number of aryl methyl sites for hydroxylation is 1. The number of allylic oxidation sites excluding steroid dienone is 1. The van der Waals surface area contributed by atoms with Crippen LogP contribution in [0, 0.1) is 6.92 Å². The van der Waals surface area contributed by atoms with E-state index < -0.39 is 0 Å². The van der Waals surface area contributed by atoms with Crippen molar-refractivity contribution in [2.75, 3.05) is 0 Å². The summed E-state index contributed by atoms with van der Waals surface area (Å²) in [6, 6.07) is 6.14. The van der Waals surface area contributed by atoms with Crippen LogP contribution in [0.25, 0.3) is 11.6 Å². The molecule has 2 heterocycles. The van der Waals surface area contributed by atoms with Crippen molar-refractivity contribution in [3.05, 3.63) is 50.9 Å². The molecule has 4 rings (SSSR count). The van der Waals surface area contributed by atoms with Crippen LogP contribution in [0.5, 0.6) is 0 Å². The van der Waals surface area contributed by atoms with E-state index in [0.717, 1.165) is 46.5 Å². The Kier molecular flexibility index (Phi) is 2.33. The molecule has 2 aliphatic rings. The highest BCUT2D eigenvalue weighted by Gasteiger charge is 2.28. The van der Waals surface area contributed by atoms with E-state index >= 15 is 0 Å². The summed E-state index contributed by atoms with van der Waals surface area (Å²) in [6.07, 6.45) is 6.13. The minimum atomic E-state index is -0.0473. The lowest BCUT2D eigenvalue weighted by Gasteiger charge is -2.02. The maximum Gasteiger partial charge on any atom is 0.271 e. The van der Waals surface area contributed by atoms with Gasteiger partial charge in [-0.2, -0.15) is 0 Å². The zero-order chi connectivity index (χ0) is 13.7. The SMILES string of the molecule is Cc1cccc2c1N=C/C2=C\c1c(C2CC2)[nH][nH]c1=O. The first kappa shape index (κ1) is 11.5. The van der Waals surface area contributed by atoms with E-state index in [2.05, 4.69) is 34.2 Å². The summed E-state index contributed by atoms with van der Waals surface area (Å²) in [5.74, 6) is 0.510. The van der Waals surface area contributed by atoms with E-state index in [4.69, 9.17) is 0 Å². The Morgan fingerprint density at radius 2 is 2.15 bits per heavy atom. The molecule has 4 nitrogen and oxygen atoms in total. The second-order valence-electron chi connectivity index (χ2n) is 5.51. The predicted octanol–water partition coefficient (Wildman–Crippen LogP) is 3.15. The van der Waals surface area contributed by atoms with Gasteiger partial charge in [-0.3, -0.25) is 14.9 Å². The van der Waals surface area contributed by atoms with Crippen molar-refractivity contribution in [1.82, 2.24) is 10.2 Å². The average Bonchev–Trinajstić information content (AvgIpc) is 3.10. The number of aromatic amines is 2. The van der Waals surface area contributed by atoms with E-state index in [1.165, 1.54) is 0 Å². The van der Waals surface area contributed by atoms with Crippen LogP contribution in [0.4, 0.5) is 5.69 Å². The van der Waals surface area contributed by atoms with Crippen LogP contribution in [-0.4, -0.2) is 16.4 Å². The Bertz CT molecular complexity index is 803. The van der Waals surface area contributed by atoms with Crippen LogP contribution in [0.2, 0.25) is 0 Å². The van der Waals surface area contributed by atoms with Gasteiger partial charge < -0.3 is 5.10 Å². The molecule has 1 aromatic carbocycles. The first-order valence-corrected chi connectivity index (χ1v) is 6.90. The quantitative estimate of drug-likeness (QED) is 0.861. The van der Waals surface area contributed by atoms with Crippen molar-refractivity contribution in [1.29, 1.82) is 0 Å². The number of nitrogens with zero attached hydrogens (tertiary/aromatic N) is 1. The van der Waals surface area contributed by atoms with E-state index in [1.807, 2.05) is 18.4 Å². The van der Waals surface area contributed by atoms with Crippen molar-refractivity contribution < 1.29 is 0 Å². The molecular formula is C16H15N3O. The lowest BCUT2D eigenvalue weighted by atomic mass is 10.0. The Morgan fingerprint density at radius 1 is 1.30 bits per heavy atom. The molecule has 0 amide bonds. The van der Waals surface area contributed by atoms with Gasteiger partial charge in [0.15, 0.2) is 0 Å². The summed E-state index contributed by atoms with van der Waals surface area (Å²) >= 11 is 0. The number of aromatic nitrogens is 2. The van der Waals surface area contributed by atoms with E-state index in [0.29, 0.717) is 5.92 Å².